The lowest BCUT2D eigenvalue weighted by Gasteiger charge is -2.18. The summed E-state index contributed by atoms with van der Waals surface area (Å²) in [6.07, 6.45) is -0.112. The molecule has 1 atom stereocenters. The van der Waals surface area contributed by atoms with Gasteiger partial charge in [-0.3, -0.25) is 9.79 Å². The highest BCUT2D eigenvalue weighted by Crippen LogP contribution is 2.19. The first-order valence-corrected chi connectivity index (χ1v) is 9.69. The minimum absolute atomic E-state index is 0. The Kier molecular flexibility index (Phi) is 12.2. The molecule has 9 heteroatoms. The van der Waals surface area contributed by atoms with E-state index in [9.17, 15) is 4.79 Å². The molecule has 31 heavy (non-hydrogen) atoms. The van der Waals surface area contributed by atoms with Gasteiger partial charge in [-0.1, -0.05) is 18.2 Å². The van der Waals surface area contributed by atoms with Crippen LogP contribution in [0.5, 0.6) is 17.2 Å². The SMILES string of the molecule is CN=C(NCC(=O)NCc1ccc(OC)cc1)NCC(C)Oc1cccc(OC)c1.I. The van der Waals surface area contributed by atoms with Gasteiger partial charge in [-0.2, -0.15) is 0 Å². The molecule has 0 fully saturated rings. The van der Waals surface area contributed by atoms with Gasteiger partial charge in [-0.05, 0) is 36.8 Å². The molecule has 1 unspecified atom stereocenters. The van der Waals surface area contributed by atoms with Crippen LogP contribution in [-0.2, 0) is 11.3 Å². The fraction of sp³-hybridized carbons (Fsp3) is 0.364. The van der Waals surface area contributed by atoms with Crippen molar-refractivity contribution in [2.24, 2.45) is 4.99 Å². The van der Waals surface area contributed by atoms with E-state index in [2.05, 4.69) is 20.9 Å². The first kappa shape index (κ1) is 26.3. The van der Waals surface area contributed by atoms with Gasteiger partial charge in [-0.25, -0.2) is 0 Å². The second-order valence-electron chi connectivity index (χ2n) is 6.54. The summed E-state index contributed by atoms with van der Waals surface area (Å²) < 4.78 is 16.2. The van der Waals surface area contributed by atoms with Gasteiger partial charge in [0, 0.05) is 19.7 Å². The maximum Gasteiger partial charge on any atom is 0.239 e. The molecule has 2 aromatic rings. The number of carbonyl (C=O) groups excluding carboxylic acids is 1. The molecule has 0 spiro atoms. The van der Waals surface area contributed by atoms with Gasteiger partial charge < -0.3 is 30.2 Å². The summed E-state index contributed by atoms with van der Waals surface area (Å²) in [5.41, 5.74) is 0.996. The van der Waals surface area contributed by atoms with Gasteiger partial charge >= 0.3 is 0 Å². The molecule has 8 nitrogen and oxygen atoms in total. The summed E-state index contributed by atoms with van der Waals surface area (Å²) in [4.78, 5) is 16.2. The van der Waals surface area contributed by atoms with Crippen LogP contribution in [0, 0.1) is 0 Å². The number of methoxy groups -OCH3 is 2. The average Bonchev–Trinajstić information content (AvgIpc) is 2.78. The summed E-state index contributed by atoms with van der Waals surface area (Å²) in [5.74, 6) is 2.65. The van der Waals surface area contributed by atoms with E-state index >= 15 is 0 Å². The van der Waals surface area contributed by atoms with Gasteiger partial charge in [0.2, 0.25) is 5.91 Å². The third-order valence-corrected chi connectivity index (χ3v) is 4.22. The van der Waals surface area contributed by atoms with Crippen molar-refractivity contribution in [3.05, 3.63) is 54.1 Å². The quantitative estimate of drug-likeness (QED) is 0.243. The van der Waals surface area contributed by atoms with Crippen LogP contribution in [-0.4, -0.2) is 52.3 Å². The highest BCUT2D eigenvalue weighted by molar-refractivity contribution is 14.0. The number of nitrogens with one attached hydrogen (secondary N) is 3. The van der Waals surface area contributed by atoms with Crippen LogP contribution in [0.25, 0.3) is 0 Å². The maximum absolute atomic E-state index is 12.1. The fourth-order valence-corrected chi connectivity index (χ4v) is 2.58. The fourth-order valence-electron chi connectivity index (χ4n) is 2.58. The van der Waals surface area contributed by atoms with E-state index in [-0.39, 0.29) is 42.5 Å². The Morgan fingerprint density at radius 3 is 2.29 bits per heavy atom. The van der Waals surface area contributed by atoms with Crippen molar-refractivity contribution < 1.29 is 19.0 Å². The highest BCUT2D eigenvalue weighted by atomic mass is 127. The Bertz CT molecular complexity index is 831. The molecule has 0 aliphatic heterocycles. The van der Waals surface area contributed by atoms with E-state index in [0.29, 0.717) is 19.0 Å². The minimum atomic E-state index is -0.130. The number of halogens is 1. The number of guanidine groups is 1. The third-order valence-electron chi connectivity index (χ3n) is 4.22. The second-order valence-corrected chi connectivity index (χ2v) is 6.54. The predicted molar refractivity (Wildman–Crippen MR) is 133 cm³/mol. The summed E-state index contributed by atoms with van der Waals surface area (Å²) in [6.45, 7) is 3.02. The molecule has 1 amide bonds. The molecule has 2 rings (SSSR count). The lowest BCUT2D eigenvalue weighted by molar-refractivity contribution is -0.120. The van der Waals surface area contributed by atoms with Gasteiger partial charge in [0.05, 0.1) is 27.3 Å². The van der Waals surface area contributed by atoms with Crippen molar-refractivity contribution >= 4 is 35.8 Å². The van der Waals surface area contributed by atoms with Gasteiger partial charge in [0.1, 0.15) is 23.4 Å². The summed E-state index contributed by atoms with van der Waals surface area (Å²) >= 11 is 0. The van der Waals surface area contributed by atoms with Gasteiger partial charge in [0.15, 0.2) is 5.96 Å². The van der Waals surface area contributed by atoms with Crippen LogP contribution >= 0.6 is 24.0 Å². The number of carbonyl (C=O) groups is 1. The monoisotopic (exact) mass is 542 g/mol. The molecule has 2 aromatic carbocycles. The van der Waals surface area contributed by atoms with Crippen molar-refractivity contribution in [1.29, 1.82) is 0 Å². The van der Waals surface area contributed by atoms with Crippen molar-refractivity contribution in [2.45, 2.75) is 19.6 Å². The molecule has 0 aliphatic rings. The van der Waals surface area contributed by atoms with Crippen LogP contribution in [0.15, 0.2) is 53.5 Å². The molecule has 0 heterocycles. The zero-order valence-corrected chi connectivity index (χ0v) is 20.6. The van der Waals surface area contributed by atoms with Gasteiger partial charge in [-0.15, -0.1) is 24.0 Å². The summed E-state index contributed by atoms with van der Waals surface area (Å²) in [5, 5.41) is 9.00. The largest absolute Gasteiger partial charge is 0.497 e. The lowest BCUT2D eigenvalue weighted by atomic mass is 10.2. The number of benzene rings is 2. The number of hydrogen-bond donors (Lipinski definition) is 3. The zero-order chi connectivity index (χ0) is 21.8. The van der Waals surface area contributed by atoms with Gasteiger partial charge in [0.25, 0.3) is 0 Å². The standard InChI is InChI=1S/C22H30N4O4.HI/c1-16(30-20-7-5-6-19(12-20)29-4)13-25-22(23-2)26-15-21(27)24-14-17-8-10-18(28-3)11-9-17;/h5-12,16H,13-15H2,1-4H3,(H,24,27)(H2,23,25,26);1H. The van der Waals surface area contributed by atoms with Crippen LogP contribution in [0.1, 0.15) is 12.5 Å². The van der Waals surface area contributed by atoms with E-state index in [1.165, 1.54) is 0 Å². The van der Waals surface area contributed by atoms with E-state index < -0.39 is 0 Å². The van der Waals surface area contributed by atoms with Crippen LogP contribution in [0.2, 0.25) is 0 Å². The zero-order valence-electron chi connectivity index (χ0n) is 18.3. The highest BCUT2D eigenvalue weighted by Gasteiger charge is 2.08. The molecule has 170 valence electrons. The van der Waals surface area contributed by atoms with Crippen LogP contribution < -0.4 is 30.2 Å². The number of ether oxygens (including phenoxy) is 3. The molecule has 0 bridgehead atoms. The predicted octanol–water partition coefficient (Wildman–Crippen LogP) is 2.57. The smallest absolute Gasteiger partial charge is 0.239 e. The number of amides is 1. The number of rotatable bonds is 10. The molecular formula is C22H31IN4O4. The molecule has 0 aliphatic carbocycles. The Labute approximate surface area is 200 Å². The van der Waals surface area contributed by atoms with E-state index in [1.54, 1.807) is 21.3 Å². The maximum atomic E-state index is 12.1. The first-order valence-electron chi connectivity index (χ1n) is 9.69. The lowest BCUT2D eigenvalue weighted by Crippen LogP contribution is -2.45. The van der Waals surface area contributed by atoms with E-state index in [4.69, 9.17) is 14.2 Å². The Morgan fingerprint density at radius 2 is 1.65 bits per heavy atom. The van der Waals surface area contributed by atoms with E-state index in [1.807, 2.05) is 55.5 Å². The Hall–Kier alpha value is -2.69. The first-order chi connectivity index (χ1) is 14.5. The van der Waals surface area contributed by atoms with Crippen molar-refractivity contribution in [2.75, 3.05) is 34.4 Å². The third kappa shape index (κ3) is 9.77. The van der Waals surface area contributed by atoms with Crippen LogP contribution in [0.4, 0.5) is 0 Å². The van der Waals surface area contributed by atoms with Crippen LogP contribution in [0.3, 0.4) is 0 Å². The second kappa shape index (κ2) is 14.3. The molecule has 0 radical (unpaired) electrons. The molecule has 0 saturated carbocycles. The average molecular weight is 542 g/mol. The van der Waals surface area contributed by atoms with Crippen molar-refractivity contribution in [3.8, 4) is 17.2 Å². The Balaban J connectivity index is 0.00000480. The van der Waals surface area contributed by atoms with Crippen molar-refractivity contribution in [3.63, 3.8) is 0 Å². The van der Waals surface area contributed by atoms with E-state index in [0.717, 1.165) is 22.8 Å². The number of aliphatic imine (C=N–C) groups is 1. The normalized spacial score (nSPS) is 11.5. The topological polar surface area (TPSA) is 93.2 Å². The van der Waals surface area contributed by atoms with Crippen molar-refractivity contribution in [1.82, 2.24) is 16.0 Å². The molecule has 0 aromatic heterocycles. The minimum Gasteiger partial charge on any atom is -0.497 e. The molecular weight excluding hydrogens is 511 g/mol. The molecule has 3 N–H and O–H groups in total. The molecule has 0 saturated heterocycles. The number of hydrogen-bond acceptors (Lipinski definition) is 5. The summed E-state index contributed by atoms with van der Waals surface area (Å²) in [7, 11) is 4.89. The summed E-state index contributed by atoms with van der Waals surface area (Å²) in [6, 6.07) is 15.0. The Morgan fingerprint density at radius 1 is 0.968 bits per heavy atom. The number of nitrogens with zero attached hydrogens (tertiary/aromatic N) is 1.